The fourth-order valence-corrected chi connectivity index (χ4v) is 1.88. The van der Waals surface area contributed by atoms with Crippen LogP contribution in [0.2, 0.25) is 0 Å². The number of carbonyl (C=O) groups is 1. The lowest BCUT2D eigenvalue weighted by Gasteiger charge is -2.33. The van der Waals surface area contributed by atoms with Crippen molar-refractivity contribution in [3.05, 3.63) is 0 Å². The number of nitrogens with zero attached hydrogens (tertiary/aromatic N) is 2. The van der Waals surface area contributed by atoms with Crippen LogP contribution in [0.15, 0.2) is 0 Å². The van der Waals surface area contributed by atoms with Crippen molar-refractivity contribution < 1.29 is 9.53 Å². The van der Waals surface area contributed by atoms with E-state index in [0.29, 0.717) is 6.54 Å². The highest BCUT2D eigenvalue weighted by Crippen LogP contribution is 2.16. The average Bonchev–Trinajstić information content (AvgIpc) is 2.17. The van der Waals surface area contributed by atoms with Crippen LogP contribution >= 0.6 is 0 Å². The summed E-state index contributed by atoms with van der Waals surface area (Å²) in [4.78, 5) is 13.7. The van der Waals surface area contributed by atoms with Crippen molar-refractivity contribution in [1.82, 2.24) is 10.2 Å². The molecular formula is C12H21N3O2. The summed E-state index contributed by atoms with van der Waals surface area (Å²) in [5.74, 6) is -0.165. The van der Waals surface area contributed by atoms with Gasteiger partial charge in [0.05, 0.1) is 18.0 Å². The van der Waals surface area contributed by atoms with Crippen LogP contribution in [0.25, 0.3) is 0 Å². The second-order valence-corrected chi connectivity index (χ2v) is 5.54. The number of carbonyl (C=O) groups excluding carboxylic acids is 1. The van der Waals surface area contributed by atoms with Gasteiger partial charge in [-0.1, -0.05) is 0 Å². The zero-order valence-corrected chi connectivity index (χ0v) is 11.0. The minimum Gasteiger partial charge on any atom is -0.444 e. The molecule has 0 spiro atoms. The highest BCUT2D eigenvalue weighted by atomic mass is 16.6. The van der Waals surface area contributed by atoms with Crippen molar-refractivity contribution in [2.75, 3.05) is 20.1 Å². The van der Waals surface area contributed by atoms with Crippen molar-refractivity contribution in [2.24, 2.45) is 5.92 Å². The zero-order valence-electron chi connectivity index (χ0n) is 11.0. The summed E-state index contributed by atoms with van der Waals surface area (Å²) < 4.78 is 5.19. The molecule has 5 heteroatoms. The number of likely N-dealkylation sites (tertiary alicyclic amines) is 1. The molecule has 17 heavy (non-hydrogen) atoms. The number of rotatable bonds is 1. The molecule has 5 nitrogen and oxygen atoms in total. The summed E-state index contributed by atoms with van der Waals surface area (Å²) in [5.41, 5.74) is -0.502. The molecule has 1 aliphatic rings. The number of ether oxygens (including phenoxy) is 1. The summed E-state index contributed by atoms with van der Waals surface area (Å²) in [6, 6.07) is 2.14. The van der Waals surface area contributed by atoms with E-state index in [1.165, 1.54) is 0 Å². The molecule has 1 amide bonds. The van der Waals surface area contributed by atoms with Gasteiger partial charge < -0.3 is 15.0 Å². The van der Waals surface area contributed by atoms with Crippen molar-refractivity contribution >= 4 is 6.09 Å². The maximum absolute atomic E-state index is 11.6. The molecular weight excluding hydrogens is 218 g/mol. The molecule has 0 aromatic carbocycles. The maximum Gasteiger partial charge on any atom is 0.407 e. The Kier molecular flexibility index (Phi) is 4.35. The van der Waals surface area contributed by atoms with E-state index >= 15 is 0 Å². The van der Waals surface area contributed by atoms with Crippen LogP contribution in [0, 0.1) is 17.2 Å². The number of amides is 1. The van der Waals surface area contributed by atoms with E-state index in [1.807, 2.05) is 27.8 Å². The number of hydrogen-bond acceptors (Lipinski definition) is 4. The molecule has 0 unspecified atom stereocenters. The van der Waals surface area contributed by atoms with Gasteiger partial charge in [-0.3, -0.25) is 0 Å². The topological polar surface area (TPSA) is 65.4 Å². The third-order valence-corrected chi connectivity index (χ3v) is 2.68. The van der Waals surface area contributed by atoms with Crippen molar-refractivity contribution in [3.63, 3.8) is 0 Å². The van der Waals surface area contributed by atoms with Crippen LogP contribution in [0.1, 0.15) is 27.2 Å². The van der Waals surface area contributed by atoms with Crippen LogP contribution in [0.3, 0.4) is 0 Å². The molecule has 0 aliphatic carbocycles. The van der Waals surface area contributed by atoms with Crippen LogP contribution in [-0.4, -0.2) is 42.8 Å². The third-order valence-electron chi connectivity index (χ3n) is 2.68. The molecule has 1 fully saturated rings. The Balaban J connectivity index is 2.50. The molecule has 0 saturated carbocycles. The first-order chi connectivity index (χ1) is 7.81. The first-order valence-corrected chi connectivity index (χ1v) is 5.89. The Hall–Kier alpha value is -1.28. The lowest BCUT2D eigenvalue weighted by molar-refractivity contribution is 0.0465. The highest BCUT2D eigenvalue weighted by Gasteiger charge is 2.30. The molecule has 1 heterocycles. The van der Waals surface area contributed by atoms with Crippen LogP contribution in [0.4, 0.5) is 4.79 Å². The van der Waals surface area contributed by atoms with Gasteiger partial charge in [-0.05, 0) is 40.8 Å². The van der Waals surface area contributed by atoms with Gasteiger partial charge >= 0.3 is 6.09 Å². The van der Waals surface area contributed by atoms with Gasteiger partial charge in [-0.2, -0.15) is 5.26 Å². The van der Waals surface area contributed by atoms with Crippen LogP contribution in [-0.2, 0) is 4.74 Å². The van der Waals surface area contributed by atoms with E-state index < -0.39 is 11.7 Å². The number of alkyl carbamates (subject to hydrolysis) is 1. The molecule has 0 aromatic heterocycles. The molecule has 2 atom stereocenters. The summed E-state index contributed by atoms with van der Waals surface area (Å²) >= 11 is 0. The van der Waals surface area contributed by atoms with E-state index in [0.717, 1.165) is 13.0 Å². The highest BCUT2D eigenvalue weighted by molar-refractivity contribution is 5.68. The fourth-order valence-electron chi connectivity index (χ4n) is 1.88. The summed E-state index contributed by atoms with van der Waals surface area (Å²) in [7, 11) is 1.98. The molecule has 1 aliphatic heterocycles. The molecule has 1 rings (SSSR count). The monoisotopic (exact) mass is 239 g/mol. The second kappa shape index (κ2) is 5.37. The Morgan fingerprint density at radius 3 is 2.71 bits per heavy atom. The second-order valence-electron chi connectivity index (χ2n) is 5.54. The molecule has 0 aromatic rings. The lowest BCUT2D eigenvalue weighted by atomic mass is 9.94. The first kappa shape index (κ1) is 13.8. The van der Waals surface area contributed by atoms with E-state index in [-0.39, 0.29) is 12.0 Å². The molecule has 1 saturated heterocycles. The van der Waals surface area contributed by atoms with Gasteiger partial charge in [0, 0.05) is 6.54 Å². The summed E-state index contributed by atoms with van der Waals surface area (Å²) in [5, 5.41) is 11.8. The van der Waals surface area contributed by atoms with Crippen molar-refractivity contribution in [1.29, 1.82) is 5.26 Å². The van der Waals surface area contributed by atoms with Crippen molar-refractivity contribution in [3.8, 4) is 6.07 Å². The lowest BCUT2D eigenvalue weighted by Crippen LogP contribution is -2.50. The quantitative estimate of drug-likeness (QED) is 0.750. The Morgan fingerprint density at radius 1 is 1.53 bits per heavy atom. The smallest absolute Gasteiger partial charge is 0.407 e. The number of nitrogens with one attached hydrogen (secondary N) is 1. The van der Waals surface area contributed by atoms with Gasteiger partial charge in [0.15, 0.2) is 0 Å². The first-order valence-electron chi connectivity index (χ1n) is 5.89. The predicted octanol–water partition coefficient (Wildman–Crippen LogP) is 1.35. The Bertz CT molecular complexity index is 317. The Morgan fingerprint density at radius 2 is 2.18 bits per heavy atom. The SMILES string of the molecule is CN1CC[C@@H](NC(=O)OC(C)(C)C)[C@@H](C#N)C1. The maximum atomic E-state index is 11.6. The largest absolute Gasteiger partial charge is 0.444 e. The summed E-state index contributed by atoms with van der Waals surface area (Å²) in [6.45, 7) is 7.05. The van der Waals surface area contributed by atoms with Gasteiger partial charge in [0.1, 0.15) is 5.60 Å². The van der Waals surface area contributed by atoms with Gasteiger partial charge in [-0.15, -0.1) is 0 Å². The van der Waals surface area contributed by atoms with Gasteiger partial charge in [0.2, 0.25) is 0 Å². The van der Waals surface area contributed by atoms with Crippen molar-refractivity contribution in [2.45, 2.75) is 38.8 Å². The standard InChI is InChI=1S/C12H21N3O2/c1-12(2,3)17-11(16)14-10-5-6-15(4)8-9(10)7-13/h9-10H,5-6,8H2,1-4H3,(H,14,16)/t9-,10+/m0/s1. The van der Waals surface area contributed by atoms with E-state index in [4.69, 9.17) is 10.00 Å². The normalized spacial score (nSPS) is 26.1. The average molecular weight is 239 g/mol. The third kappa shape index (κ3) is 4.61. The molecule has 0 radical (unpaired) electrons. The van der Waals surface area contributed by atoms with Gasteiger partial charge in [-0.25, -0.2) is 4.79 Å². The minimum absolute atomic E-state index is 0.106. The number of nitriles is 1. The van der Waals surface area contributed by atoms with E-state index in [9.17, 15) is 4.79 Å². The Labute approximate surface area is 103 Å². The van der Waals surface area contributed by atoms with E-state index in [1.54, 1.807) is 0 Å². The van der Waals surface area contributed by atoms with Gasteiger partial charge in [0.25, 0.3) is 0 Å². The zero-order chi connectivity index (χ0) is 13.1. The minimum atomic E-state index is -0.502. The fraction of sp³-hybridized carbons (Fsp3) is 0.833. The number of hydrogen-bond donors (Lipinski definition) is 1. The summed E-state index contributed by atoms with van der Waals surface area (Å²) in [6.07, 6.45) is 0.348. The van der Waals surface area contributed by atoms with E-state index in [2.05, 4.69) is 16.3 Å². The number of piperidine rings is 1. The van der Waals surface area contributed by atoms with Crippen LogP contribution < -0.4 is 5.32 Å². The van der Waals surface area contributed by atoms with Crippen LogP contribution in [0.5, 0.6) is 0 Å². The molecule has 96 valence electrons. The molecule has 1 N–H and O–H groups in total. The molecule has 0 bridgehead atoms. The predicted molar refractivity (Wildman–Crippen MR) is 64.4 cm³/mol.